The molecule has 16 rings (SSSR count). The number of para-hydroxylation sites is 2. The molecule has 0 bridgehead atoms. The van der Waals surface area contributed by atoms with Crippen LogP contribution in [-0.4, -0.2) is 4.57 Å². The Morgan fingerprint density at radius 2 is 0.816 bits per heavy atom. The van der Waals surface area contributed by atoms with Crippen molar-refractivity contribution in [3.8, 4) is 50.2 Å². The van der Waals surface area contributed by atoms with Crippen molar-refractivity contribution < 1.29 is 0 Å². The first kappa shape index (κ1) is 43.7. The van der Waals surface area contributed by atoms with Gasteiger partial charge in [-0.1, -0.05) is 209 Å². The average Bonchev–Trinajstić information content (AvgIpc) is 4.31. The molecule has 360 valence electrons. The van der Waals surface area contributed by atoms with Gasteiger partial charge in [-0.3, -0.25) is 0 Å². The van der Waals surface area contributed by atoms with Crippen LogP contribution in [-0.2, 0) is 16.2 Å². The van der Waals surface area contributed by atoms with Crippen LogP contribution in [0.2, 0.25) is 0 Å². The van der Waals surface area contributed by atoms with E-state index in [9.17, 15) is 0 Å². The third-order valence-electron chi connectivity index (χ3n) is 17.9. The van der Waals surface area contributed by atoms with Crippen molar-refractivity contribution in [1.29, 1.82) is 0 Å². The lowest BCUT2D eigenvalue weighted by Gasteiger charge is -2.42. The Bertz CT molecular complexity index is 4290. The molecule has 1 aliphatic heterocycles. The van der Waals surface area contributed by atoms with Gasteiger partial charge in [-0.05, 0) is 156 Å². The zero-order valence-electron chi connectivity index (χ0n) is 42.9. The van der Waals surface area contributed by atoms with Crippen molar-refractivity contribution in [2.75, 3.05) is 4.90 Å². The summed E-state index contributed by atoms with van der Waals surface area (Å²) in [4.78, 5) is 5.19. The molecule has 2 heterocycles. The molecule has 3 aliphatic carbocycles. The van der Waals surface area contributed by atoms with E-state index in [-0.39, 0.29) is 10.8 Å². The number of nitrogens with zero attached hydrogens (tertiary/aromatic N) is 2. The lowest BCUT2D eigenvalue weighted by Crippen LogP contribution is -2.33. The first-order valence-corrected chi connectivity index (χ1v) is 27.6. The predicted octanol–water partition coefficient (Wildman–Crippen LogP) is 19.4. The number of aromatic nitrogens is 1. The zero-order valence-corrected chi connectivity index (χ0v) is 43.7. The maximum Gasteiger partial charge on any atom is 0.0756 e. The number of rotatable bonds is 5. The Balaban J connectivity index is 0.937. The van der Waals surface area contributed by atoms with Gasteiger partial charge in [0.1, 0.15) is 0 Å². The molecule has 0 saturated heterocycles. The zero-order chi connectivity index (χ0) is 50.7. The highest BCUT2D eigenvalue weighted by Gasteiger charge is 2.52. The van der Waals surface area contributed by atoms with Crippen molar-refractivity contribution in [3.63, 3.8) is 0 Å². The van der Waals surface area contributed by atoms with Crippen molar-refractivity contribution in [2.45, 2.75) is 53.7 Å². The third-order valence-corrected chi connectivity index (χ3v) is 19.0. The molecular weight excluding hydrogens is 937 g/mol. The molecule has 1 atom stereocenters. The highest BCUT2D eigenvalue weighted by atomic mass is 32.2. The van der Waals surface area contributed by atoms with Crippen LogP contribution >= 0.6 is 11.8 Å². The van der Waals surface area contributed by atoms with Gasteiger partial charge < -0.3 is 9.47 Å². The summed E-state index contributed by atoms with van der Waals surface area (Å²) >= 11 is 1.90. The Kier molecular flexibility index (Phi) is 9.04. The molecule has 11 aromatic carbocycles. The third kappa shape index (κ3) is 5.79. The molecule has 4 aliphatic rings. The average molecular weight is 989 g/mol. The Morgan fingerprint density at radius 3 is 1.43 bits per heavy atom. The fraction of sp³-hybridized carbons (Fsp3) is 0.0959. The summed E-state index contributed by atoms with van der Waals surface area (Å²) in [6.07, 6.45) is 0. The topological polar surface area (TPSA) is 8.17 Å². The summed E-state index contributed by atoms with van der Waals surface area (Å²) in [6.45, 7) is 9.59. The van der Waals surface area contributed by atoms with Crippen molar-refractivity contribution in [2.24, 2.45) is 0 Å². The smallest absolute Gasteiger partial charge is 0.0756 e. The highest BCUT2D eigenvalue weighted by molar-refractivity contribution is 7.99. The minimum atomic E-state index is -0.657. The summed E-state index contributed by atoms with van der Waals surface area (Å²) in [5, 5.41) is 2.54. The normalized spacial score (nSPS) is 16.4. The summed E-state index contributed by atoms with van der Waals surface area (Å²) in [6, 6.07) is 92.2. The second-order valence-electron chi connectivity index (χ2n) is 22.4. The van der Waals surface area contributed by atoms with Gasteiger partial charge in [0.05, 0.1) is 22.1 Å². The Morgan fingerprint density at radius 1 is 0.342 bits per heavy atom. The molecule has 0 fully saturated rings. The molecule has 0 radical (unpaired) electrons. The van der Waals surface area contributed by atoms with Gasteiger partial charge in [0.25, 0.3) is 0 Å². The lowest BCUT2D eigenvalue weighted by atomic mass is 9.66. The minimum Gasteiger partial charge on any atom is -0.310 e. The van der Waals surface area contributed by atoms with E-state index in [1.54, 1.807) is 0 Å². The van der Waals surface area contributed by atoms with E-state index < -0.39 is 5.41 Å². The van der Waals surface area contributed by atoms with E-state index in [0.717, 1.165) is 17.1 Å². The first-order valence-electron chi connectivity index (χ1n) is 26.7. The fourth-order valence-corrected chi connectivity index (χ4v) is 15.6. The quantitative estimate of drug-likeness (QED) is 0.170. The van der Waals surface area contributed by atoms with Gasteiger partial charge in [-0.15, -0.1) is 0 Å². The van der Waals surface area contributed by atoms with Gasteiger partial charge in [0.2, 0.25) is 0 Å². The van der Waals surface area contributed by atoms with Gasteiger partial charge in [0.15, 0.2) is 0 Å². The molecule has 3 heteroatoms. The summed E-state index contributed by atoms with van der Waals surface area (Å²) in [5.74, 6) is 0. The molecule has 0 N–H and O–H groups in total. The van der Waals surface area contributed by atoms with Crippen LogP contribution in [0.3, 0.4) is 0 Å². The Labute approximate surface area is 448 Å². The van der Waals surface area contributed by atoms with Crippen molar-refractivity contribution in [3.05, 3.63) is 287 Å². The van der Waals surface area contributed by atoms with Crippen LogP contribution < -0.4 is 4.90 Å². The van der Waals surface area contributed by atoms with Crippen LogP contribution in [0, 0.1) is 0 Å². The molecule has 1 aromatic heterocycles. The standard InChI is InChI=1S/C73H52N2S/c1-71(2)58-24-10-5-18-50(58)53-39-37-48(43-62(53)71)74(49-38-40-54-51-19-6-11-25-59(51)72(3,4)63(54)44-49)67-30-17-23-57-52-20-7-12-26-60(52)73(70(57)67)61-27-13-16-31-68(61)76-69-41-34-46(42-64(69)73)45-32-35-47(36-33-45)75-65-28-14-8-21-55(65)56-22-9-15-29-66(56)75/h5-44H,1-4H3. The molecular formula is C73H52N2S. The fourth-order valence-electron chi connectivity index (χ4n) is 14.4. The van der Waals surface area contributed by atoms with Gasteiger partial charge in [-0.25, -0.2) is 0 Å². The molecule has 2 nitrogen and oxygen atoms in total. The van der Waals surface area contributed by atoms with Gasteiger partial charge in [-0.2, -0.15) is 0 Å². The lowest BCUT2D eigenvalue weighted by molar-refractivity contribution is 0.660. The van der Waals surface area contributed by atoms with E-state index in [1.165, 1.54) is 126 Å². The van der Waals surface area contributed by atoms with Crippen LogP contribution in [0.4, 0.5) is 17.1 Å². The predicted molar refractivity (Wildman–Crippen MR) is 317 cm³/mol. The van der Waals surface area contributed by atoms with Gasteiger partial charge in [0, 0.05) is 54.0 Å². The van der Waals surface area contributed by atoms with Crippen LogP contribution in [0.5, 0.6) is 0 Å². The number of hydrogen-bond acceptors (Lipinski definition) is 2. The van der Waals surface area contributed by atoms with Crippen LogP contribution in [0.15, 0.2) is 252 Å². The molecule has 0 amide bonds. The monoisotopic (exact) mass is 988 g/mol. The van der Waals surface area contributed by atoms with Crippen LogP contribution in [0.25, 0.3) is 72.0 Å². The summed E-state index contributed by atoms with van der Waals surface area (Å²) < 4.78 is 2.41. The maximum atomic E-state index is 2.62. The van der Waals surface area contributed by atoms with Gasteiger partial charge >= 0.3 is 0 Å². The van der Waals surface area contributed by atoms with E-state index in [2.05, 4.69) is 280 Å². The highest BCUT2D eigenvalue weighted by Crippen LogP contribution is 2.66. The number of hydrogen-bond donors (Lipinski definition) is 0. The first-order chi connectivity index (χ1) is 37.2. The van der Waals surface area contributed by atoms with E-state index in [0.29, 0.717) is 0 Å². The second kappa shape index (κ2) is 15.7. The number of anilines is 3. The van der Waals surface area contributed by atoms with E-state index in [4.69, 9.17) is 0 Å². The molecule has 76 heavy (non-hydrogen) atoms. The largest absolute Gasteiger partial charge is 0.310 e. The summed E-state index contributed by atoms with van der Waals surface area (Å²) in [7, 11) is 0. The second-order valence-corrected chi connectivity index (χ2v) is 23.4. The number of benzene rings is 11. The minimum absolute atomic E-state index is 0.179. The molecule has 0 saturated carbocycles. The van der Waals surface area contributed by atoms with E-state index >= 15 is 0 Å². The van der Waals surface area contributed by atoms with Crippen molar-refractivity contribution in [1.82, 2.24) is 4.57 Å². The maximum absolute atomic E-state index is 2.62. The molecule has 1 unspecified atom stereocenters. The SMILES string of the molecule is CC1(C)c2ccccc2-c2ccc(N(c3ccc4c(c3)C(C)(C)c3ccccc3-4)c3cccc4c3C3(c5ccccc5Sc5ccc(-c6ccc(-n7c8ccccc8c8ccccc87)cc6)cc53)c3ccccc3-4)cc21. The number of fused-ring (bicyclic) bond motifs is 18. The van der Waals surface area contributed by atoms with Crippen molar-refractivity contribution >= 4 is 50.6 Å². The molecule has 12 aromatic rings. The van der Waals surface area contributed by atoms with E-state index in [1.807, 2.05) is 11.8 Å². The molecule has 1 spiro atoms. The summed E-state index contributed by atoms with van der Waals surface area (Å²) in [5.41, 5.74) is 27.1. The van der Waals surface area contributed by atoms with Crippen LogP contribution in [0.1, 0.15) is 72.2 Å². The Hall–Kier alpha value is -8.63.